The number of nitrogens with one attached hydrogen (secondary N) is 1. The Kier molecular flexibility index (Phi) is 4.34. The third-order valence-corrected chi connectivity index (χ3v) is 5.55. The SMILES string of the molecule is C=CC(=O)N1CC2(CC(CC(=O)NCC3COc4ccccc4O3)C2)C1. The monoisotopic (exact) mass is 356 g/mol. The predicted molar refractivity (Wildman–Crippen MR) is 95.9 cm³/mol. The van der Waals surface area contributed by atoms with Crippen LogP contribution in [0, 0.1) is 11.3 Å². The number of nitrogens with zero attached hydrogens (tertiary/aromatic N) is 1. The topological polar surface area (TPSA) is 67.9 Å². The van der Waals surface area contributed by atoms with Gasteiger partial charge in [0.25, 0.3) is 0 Å². The van der Waals surface area contributed by atoms with Crippen LogP contribution in [0.5, 0.6) is 11.5 Å². The van der Waals surface area contributed by atoms with E-state index in [2.05, 4.69) is 11.9 Å². The molecule has 1 aromatic carbocycles. The molecule has 2 amide bonds. The highest BCUT2D eigenvalue weighted by molar-refractivity contribution is 5.87. The van der Waals surface area contributed by atoms with Crippen molar-refractivity contribution in [2.75, 3.05) is 26.2 Å². The van der Waals surface area contributed by atoms with E-state index in [1.807, 2.05) is 29.2 Å². The Hall–Kier alpha value is -2.50. The van der Waals surface area contributed by atoms with Crippen LogP contribution in [0.3, 0.4) is 0 Å². The summed E-state index contributed by atoms with van der Waals surface area (Å²) in [6.45, 7) is 6.03. The highest BCUT2D eigenvalue weighted by atomic mass is 16.6. The summed E-state index contributed by atoms with van der Waals surface area (Å²) in [4.78, 5) is 25.5. The van der Waals surface area contributed by atoms with E-state index >= 15 is 0 Å². The van der Waals surface area contributed by atoms with Gasteiger partial charge in [-0.25, -0.2) is 0 Å². The average molecular weight is 356 g/mol. The number of para-hydroxylation sites is 2. The van der Waals surface area contributed by atoms with Crippen molar-refractivity contribution in [1.82, 2.24) is 10.2 Å². The molecule has 6 heteroatoms. The second kappa shape index (κ2) is 6.67. The number of hydrogen-bond acceptors (Lipinski definition) is 4. The molecule has 6 nitrogen and oxygen atoms in total. The van der Waals surface area contributed by atoms with Crippen molar-refractivity contribution in [3.05, 3.63) is 36.9 Å². The van der Waals surface area contributed by atoms with Gasteiger partial charge in [0.15, 0.2) is 11.5 Å². The van der Waals surface area contributed by atoms with Crippen molar-refractivity contribution >= 4 is 11.8 Å². The first-order chi connectivity index (χ1) is 12.6. The molecule has 3 aliphatic rings. The molecule has 2 heterocycles. The molecule has 0 aromatic heterocycles. The molecule has 1 saturated heterocycles. The van der Waals surface area contributed by atoms with E-state index in [9.17, 15) is 9.59 Å². The lowest BCUT2D eigenvalue weighted by molar-refractivity contribution is -0.152. The minimum absolute atomic E-state index is 0.00749. The summed E-state index contributed by atoms with van der Waals surface area (Å²) < 4.78 is 11.5. The molecular formula is C20H24N2O4. The average Bonchev–Trinajstić information content (AvgIpc) is 2.60. The summed E-state index contributed by atoms with van der Waals surface area (Å²) in [5, 5.41) is 2.96. The lowest BCUT2D eigenvalue weighted by Gasteiger charge is -2.59. The summed E-state index contributed by atoms with van der Waals surface area (Å²) >= 11 is 0. The third-order valence-electron chi connectivity index (χ3n) is 5.55. The van der Waals surface area contributed by atoms with Crippen LogP contribution in [0.2, 0.25) is 0 Å². The van der Waals surface area contributed by atoms with Gasteiger partial charge in [0.2, 0.25) is 11.8 Å². The number of hydrogen-bond donors (Lipinski definition) is 1. The Labute approximate surface area is 153 Å². The highest BCUT2D eigenvalue weighted by Crippen LogP contribution is 2.53. The second-order valence-electron chi connectivity index (χ2n) is 7.68. The fraction of sp³-hybridized carbons (Fsp3) is 0.500. The maximum absolute atomic E-state index is 12.2. The summed E-state index contributed by atoms with van der Waals surface area (Å²) in [7, 11) is 0. The number of fused-ring (bicyclic) bond motifs is 1. The van der Waals surface area contributed by atoms with Gasteiger partial charge < -0.3 is 19.7 Å². The fourth-order valence-corrected chi connectivity index (χ4v) is 4.34. The molecular weight excluding hydrogens is 332 g/mol. The predicted octanol–water partition coefficient (Wildman–Crippen LogP) is 1.76. The number of rotatable bonds is 5. The second-order valence-corrected chi connectivity index (χ2v) is 7.68. The van der Waals surface area contributed by atoms with Gasteiger partial charge in [-0.15, -0.1) is 0 Å². The van der Waals surface area contributed by atoms with Crippen LogP contribution in [-0.4, -0.2) is 49.1 Å². The van der Waals surface area contributed by atoms with Gasteiger partial charge in [0, 0.05) is 24.9 Å². The van der Waals surface area contributed by atoms with Gasteiger partial charge in [-0.2, -0.15) is 0 Å². The maximum atomic E-state index is 12.2. The minimum atomic E-state index is -0.160. The molecule has 0 bridgehead atoms. The van der Waals surface area contributed by atoms with Crippen LogP contribution in [-0.2, 0) is 9.59 Å². The van der Waals surface area contributed by atoms with Gasteiger partial charge in [0.05, 0.1) is 6.54 Å². The molecule has 1 spiro atoms. The smallest absolute Gasteiger partial charge is 0.245 e. The number of ether oxygens (including phenoxy) is 2. The van der Waals surface area contributed by atoms with E-state index in [4.69, 9.17) is 9.47 Å². The van der Waals surface area contributed by atoms with Gasteiger partial charge in [-0.3, -0.25) is 9.59 Å². The summed E-state index contributed by atoms with van der Waals surface area (Å²) in [6.07, 6.45) is 3.80. The molecule has 138 valence electrons. The number of likely N-dealkylation sites (tertiary alicyclic amines) is 1. The molecule has 2 aliphatic heterocycles. The van der Waals surface area contributed by atoms with Crippen molar-refractivity contribution in [2.24, 2.45) is 11.3 Å². The first-order valence-corrected chi connectivity index (χ1v) is 9.13. The molecule has 2 fully saturated rings. The largest absolute Gasteiger partial charge is 0.486 e. The van der Waals surface area contributed by atoms with Crippen LogP contribution in [0.15, 0.2) is 36.9 Å². The standard InChI is InChI=1S/C20H24N2O4/c1-2-19(24)22-12-20(13-22)8-14(9-20)7-18(23)21-10-15-11-25-16-5-3-4-6-17(16)26-15/h2-6,14-15H,1,7-13H2,(H,21,23). The summed E-state index contributed by atoms with van der Waals surface area (Å²) in [5.74, 6) is 1.96. The molecule has 0 radical (unpaired) electrons. The van der Waals surface area contributed by atoms with Gasteiger partial charge >= 0.3 is 0 Å². The normalized spacial score (nSPS) is 22.9. The van der Waals surface area contributed by atoms with Crippen LogP contribution in [0.25, 0.3) is 0 Å². The van der Waals surface area contributed by atoms with Crippen molar-refractivity contribution in [2.45, 2.75) is 25.4 Å². The molecule has 1 saturated carbocycles. The number of benzene rings is 1. The van der Waals surface area contributed by atoms with E-state index in [0.29, 0.717) is 25.5 Å². The Morgan fingerprint density at radius 1 is 1.27 bits per heavy atom. The summed E-state index contributed by atoms with van der Waals surface area (Å²) in [5.41, 5.74) is 0.258. The molecule has 4 rings (SSSR count). The quantitative estimate of drug-likeness (QED) is 0.817. The number of carbonyl (C=O) groups is 2. The molecule has 1 aliphatic carbocycles. The molecule has 26 heavy (non-hydrogen) atoms. The number of amides is 2. The molecule has 1 atom stereocenters. The zero-order chi connectivity index (χ0) is 18.1. The molecule has 1 unspecified atom stereocenters. The first-order valence-electron chi connectivity index (χ1n) is 9.13. The molecule has 1 aromatic rings. The van der Waals surface area contributed by atoms with Gasteiger partial charge in [-0.05, 0) is 37.0 Å². The Morgan fingerprint density at radius 3 is 2.73 bits per heavy atom. The van der Waals surface area contributed by atoms with Crippen molar-refractivity contribution in [3.8, 4) is 11.5 Å². The molecule has 1 N–H and O–H groups in total. The van der Waals surface area contributed by atoms with Crippen LogP contribution in [0.1, 0.15) is 19.3 Å². The van der Waals surface area contributed by atoms with E-state index in [1.54, 1.807) is 0 Å². The van der Waals surface area contributed by atoms with Gasteiger partial charge in [0.1, 0.15) is 12.7 Å². The van der Waals surface area contributed by atoms with Crippen LogP contribution >= 0.6 is 0 Å². The highest BCUT2D eigenvalue weighted by Gasteiger charge is 2.53. The Bertz CT molecular complexity index is 718. The van der Waals surface area contributed by atoms with E-state index in [-0.39, 0.29) is 23.3 Å². The van der Waals surface area contributed by atoms with Crippen molar-refractivity contribution in [3.63, 3.8) is 0 Å². The van der Waals surface area contributed by atoms with Crippen LogP contribution < -0.4 is 14.8 Å². The van der Waals surface area contributed by atoms with E-state index in [1.165, 1.54) is 6.08 Å². The lowest BCUT2D eigenvalue weighted by Crippen LogP contribution is -2.63. The zero-order valence-corrected chi connectivity index (χ0v) is 14.8. The third kappa shape index (κ3) is 3.28. The van der Waals surface area contributed by atoms with E-state index < -0.39 is 0 Å². The maximum Gasteiger partial charge on any atom is 0.245 e. The van der Waals surface area contributed by atoms with Crippen LogP contribution in [0.4, 0.5) is 0 Å². The number of carbonyl (C=O) groups excluding carboxylic acids is 2. The van der Waals surface area contributed by atoms with Gasteiger partial charge in [-0.1, -0.05) is 18.7 Å². The first kappa shape index (κ1) is 16.9. The Balaban J connectivity index is 1.15. The fourth-order valence-electron chi connectivity index (χ4n) is 4.34. The van der Waals surface area contributed by atoms with Crippen molar-refractivity contribution in [1.29, 1.82) is 0 Å². The lowest BCUT2D eigenvalue weighted by atomic mass is 9.57. The Morgan fingerprint density at radius 2 is 2.00 bits per heavy atom. The zero-order valence-electron chi connectivity index (χ0n) is 14.8. The van der Waals surface area contributed by atoms with Crippen molar-refractivity contribution < 1.29 is 19.1 Å². The summed E-state index contributed by atoms with van der Waals surface area (Å²) in [6, 6.07) is 7.56. The minimum Gasteiger partial charge on any atom is -0.486 e. The van der Waals surface area contributed by atoms with E-state index in [0.717, 1.165) is 37.4 Å².